The molecule has 42 valence electrons. The zero-order valence-corrected chi connectivity index (χ0v) is 6.08. The molecule has 0 aliphatic carbocycles. The molecule has 2 nitrogen and oxygen atoms in total. The lowest BCUT2D eigenvalue weighted by Crippen LogP contribution is -1.99. The normalized spacial score (nSPS) is 9.12. The molecule has 0 radical (unpaired) electrons. The molecule has 1 aromatic heterocycles. The van der Waals surface area contributed by atoms with Crippen LogP contribution < -0.4 is 5.43 Å². The largest absolute Gasteiger partial charge is 0.471 e. The zero-order chi connectivity index (χ0) is 5.98. The summed E-state index contributed by atoms with van der Waals surface area (Å²) in [6.45, 7) is 0. The van der Waals surface area contributed by atoms with Gasteiger partial charge in [-0.25, -0.2) is 0 Å². The lowest BCUT2D eigenvalue weighted by Gasteiger charge is -1.80. The van der Waals surface area contributed by atoms with Crippen LogP contribution >= 0.6 is 22.6 Å². The third-order valence-electron chi connectivity index (χ3n) is 0.705. The van der Waals surface area contributed by atoms with Crippen LogP contribution in [-0.4, -0.2) is 0 Å². The molecule has 0 saturated carbocycles. The Labute approximate surface area is 59.7 Å². The maximum absolute atomic E-state index is 10.6. The minimum atomic E-state index is 0.0110. The fourth-order valence-corrected chi connectivity index (χ4v) is 0.664. The Morgan fingerprint density at radius 1 is 1.62 bits per heavy atom. The van der Waals surface area contributed by atoms with Gasteiger partial charge in [-0.1, -0.05) is 0 Å². The first-order valence-electron chi connectivity index (χ1n) is 2.03. The van der Waals surface area contributed by atoms with E-state index in [2.05, 4.69) is 4.42 Å². The second kappa shape index (κ2) is 2.30. The van der Waals surface area contributed by atoms with Gasteiger partial charge in [0, 0.05) is 6.07 Å². The molecule has 0 spiro atoms. The highest BCUT2D eigenvalue weighted by molar-refractivity contribution is 14.1. The van der Waals surface area contributed by atoms with E-state index >= 15 is 0 Å². The van der Waals surface area contributed by atoms with E-state index in [9.17, 15) is 4.79 Å². The van der Waals surface area contributed by atoms with Crippen molar-refractivity contribution in [3.63, 3.8) is 0 Å². The van der Waals surface area contributed by atoms with Crippen molar-refractivity contribution >= 4 is 22.6 Å². The van der Waals surface area contributed by atoms with Gasteiger partial charge in [0.05, 0.1) is 9.83 Å². The summed E-state index contributed by atoms with van der Waals surface area (Å²) in [5, 5.41) is 0. The van der Waals surface area contributed by atoms with E-state index < -0.39 is 0 Å². The van der Waals surface area contributed by atoms with Crippen LogP contribution in [0.15, 0.2) is 27.8 Å². The summed E-state index contributed by atoms with van der Waals surface area (Å²) in [7, 11) is 0. The average Bonchev–Trinajstić information content (AvgIpc) is 1.77. The van der Waals surface area contributed by atoms with Gasteiger partial charge < -0.3 is 4.42 Å². The van der Waals surface area contributed by atoms with Crippen molar-refractivity contribution < 1.29 is 4.42 Å². The van der Waals surface area contributed by atoms with Crippen LogP contribution in [0.3, 0.4) is 0 Å². The molecule has 0 aromatic carbocycles. The summed E-state index contributed by atoms with van der Waals surface area (Å²) in [5.74, 6) is 0. The van der Waals surface area contributed by atoms with Gasteiger partial charge in [-0.2, -0.15) is 0 Å². The first kappa shape index (κ1) is 5.81. The third kappa shape index (κ3) is 1.09. The van der Waals surface area contributed by atoms with Crippen LogP contribution in [-0.2, 0) is 0 Å². The van der Waals surface area contributed by atoms with Crippen LogP contribution in [0, 0.1) is 3.57 Å². The highest BCUT2D eigenvalue weighted by Crippen LogP contribution is 1.93. The van der Waals surface area contributed by atoms with Crippen molar-refractivity contribution in [3.05, 3.63) is 32.4 Å². The molecule has 0 unspecified atom stereocenters. The van der Waals surface area contributed by atoms with E-state index in [0.29, 0.717) is 3.57 Å². The summed E-state index contributed by atoms with van der Waals surface area (Å²) in [6, 6.07) is 1.39. The number of hydrogen-bond acceptors (Lipinski definition) is 2. The Bertz CT molecular complexity index is 228. The van der Waals surface area contributed by atoms with Crippen molar-refractivity contribution in [2.24, 2.45) is 0 Å². The van der Waals surface area contributed by atoms with E-state index in [0.717, 1.165) is 0 Å². The van der Waals surface area contributed by atoms with Crippen molar-refractivity contribution in [1.82, 2.24) is 0 Å². The van der Waals surface area contributed by atoms with Gasteiger partial charge >= 0.3 is 0 Å². The molecule has 0 N–H and O–H groups in total. The molecule has 3 heteroatoms. The molecule has 0 aliphatic heterocycles. The monoisotopic (exact) mass is 222 g/mol. The van der Waals surface area contributed by atoms with Crippen LogP contribution in [0.4, 0.5) is 0 Å². The quantitative estimate of drug-likeness (QED) is 0.618. The Kier molecular flexibility index (Phi) is 1.67. The van der Waals surface area contributed by atoms with Crippen LogP contribution in [0.2, 0.25) is 0 Å². The molecule has 1 rings (SSSR count). The van der Waals surface area contributed by atoms with E-state index in [-0.39, 0.29) is 5.43 Å². The average molecular weight is 222 g/mol. The number of rotatable bonds is 0. The number of hydrogen-bond donors (Lipinski definition) is 0. The number of halogens is 1. The summed E-state index contributed by atoms with van der Waals surface area (Å²) in [5.41, 5.74) is 0.0110. The van der Waals surface area contributed by atoms with E-state index in [1.165, 1.54) is 18.6 Å². The maximum Gasteiger partial charge on any atom is 0.198 e. The van der Waals surface area contributed by atoms with E-state index in [1.807, 2.05) is 22.6 Å². The molecule has 0 atom stereocenters. The van der Waals surface area contributed by atoms with Gasteiger partial charge in [-0.3, -0.25) is 4.79 Å². The third-order valence-corrected chi connectivity index (χ3v) is 1.49. The molecule has 8 heavy (non-hydrogen) atoms. The van der Waals surface area contributed by atoms with Crippen molar-refractivity contribution in [3.8, 4) is 0 Å². The lowest BCUT2D eigenvalue weighted by molar-refractivity contribution is 0.544. The van der Waals surface area contributed by atoms with Crippen molar-refractivity contribution in [2.75, 3.05) is 0 Å². The summed E-state index contributed by atoms with van der Waals surface area (Å²) in [6.07, 6.45) is 2.79. The Hall–Kier alpha value is -0.320. The maximum atomic E-state index is 10.6. The molecule has 0 aliphatic rings. The lowest BCUT2D eigenvalue weighted by atomic mass is 10.5. The predicted molar refractivity (Wildman–Crippen MR) is 37.7 cm³/mol. The molecular weight excluding hydrogens is 219 g/mol. The predicted octanol–water partition coefficient (Wildman–Crippen LogP) is 1.24. The van der Waals surface area contributed by atoms with Gasteiger partial charge in [-0.05, 0) is 22.6 Å². The highest BCUT2D eigenvalue weighted by Gasteiger charge is 1.88. The molecular formula is C5H3IO2. The molecule has 0 amide bonds. The Morgan fingerprint density at radius 3 is 2.75 bits per heavy atom. The summed E-state index contributed by atoms with van der Waals surface area (Å²) < 4.78 is 5.30. The second-order valence-electron chi connectivity index (χ2n) is 1.27. The van der Waals surface area contributed by atoms with Crippen LogP contribution in [0.1, 0.15) is 0 Å². The van der Waals surface area contributed by atoms with E-state index in [1.54, 1.807) is 0 Å². The van der Waals surface area contributed by atoms with Crippen LogP contribution in [0.25, 0.3) is 0 Å². The summed E-state index contributed by atoms with van der Waals surface area (Å²) >= 11 is 1.92. The van der Waals surface area contributed by atoms with Gasteiger partial charge in [0.15, 0.2) is 5.43 Å². The van der Waals surface area contributed by atoms with Gasteiger partial charge in [0.2, 0.25) is 0 Å². The zero-order valence-electron chi connectivity index (χ0n) is 3.93. The van der Waals surface area contributed by atoms with E-state index in [4.69, 9.17) is 0 Å². The molecule has 1 heterocycles. The van der Waals surface area contributed by atoms with Gasteiger partial charge in [0.1, 0.15) is 6.26 Å². The molecule has 0 bridgehead atoms. The Morgan fingerprint density at radius 2 is 2.38 bits per heavy atom. The highest BCUT2D eigenvalue weighted by atomic mass is 127. The van der Waals surface area contributed by atoms with Gasteiger partial charge in [-0.15, -0.1) is 0 Å². The first-order valence-corrected chi connectivity index (χ1v) is 3.10. The van der Waals surface area contributed by atoms with Crippen molar-refractivity contribution in [1.29, 1.82) is 0 Å². The molecule has 0 saturated heterocycles. The van der Waals surface area contributed by atoms with Crippen molar-refractivity contribution in [2.45, 2.75) is 0 Å². The smallest absolute Gasteiger partial charge is 0.198 e. The second-order valence-corrected chi connectivity index (χ2v) is 2.43. The molecule has 1 aromatic rings. The Balaban J connectivity index is 3.35. The fraction of sp³-hybridized carbons (Fsp3) is 0. The standard InChI is InChI=1S/C5H3IO2/c6-4-3-8-2-1-5(4)7/h1-3H. The topological polar surface area (TPSA) is 30.2 Å². The van der Waals surface area contributed by atoms with Crippen LogP contribution in [0.5, 0.6) is 0 Å². The minimum absolute atomic E-state index is 0.0110. The first-order chi connectivity index (χ1) is 3.80. The SMILES string of the molecule is O=c1ccocc1I. The summed E-state index contributed by atoms with van der Waals surface area (Å²) in [4.78, 5) is 10.6. The fourth-order valence-electron chi connectivity index (χ4n) is 0.338. The minimum Gasteiger partial charge on any atom is -0.471 e. The molecule has 0 fully saturated rings. The van der Waals surface area contributed by atoms with Gasteiger partial charge in [0.25, 0.3) is 0 Å².